The molecule has 0 fully saturated rings. The molecule has 0 saturated heterocycles. The van der Waals surface area contributed by atoms with E-state index in [1.54, 1.807) is 23.9 Å². The molecule has 0 bridgehead atoms. The number of amides is 1. The first kappa shape index (κ1) is 21.7. The van der Waals surface area contributed by atoms with Crippen molar-refractivity contribution in [3.05, 3.63) is 71.8 Å². The van der Waals surface area contributed by atoms with Crippen molar-refractivity contribution in [2.75, 3.05) is 17.9 Å². The Labute approximate surface area is 202 Å². The highest BCUT2D eigenvalue weighted by Gasteiger charge is 2.17. The van der Waals surface area contributed by atoms with Gasteiger partial charge in [0.1, 0.15) is 0 Å². The van der Waals surface area contributed by atoms with Crippen LogP contribution in [0, 0.1) is 0 Å². The second-order valence-electron chi connectivity index (χ2n) is 6.83. The first-order valence-corrected chi connectivity index (χ1v) is 12.0. The van der Waals surface area contributed by atoms with Gasteiger partial charge in [-0.15, -0.1) is 10.2 Å². The van der Waals surface area contributed by atoms with Gasteiger partial charge in [-0.05, 0) is 54.6 Å². The zero-order valence-electron chi connectivity index (χ0n) is 17.0. The number of benzene rings is 3. The maximum absolute atomic E-state index is 12.6. The number of carbonyl (C=O) groups excluding carboxylic acids is 1. The molecule has 1 aromatic heterocycles. The minimum absolute atomic E-state index is 0.128. The van der Waals surface area contributed by atoms with Gasteiger partial charge in [0.15, 0.2) is 11.5 Å². The number of hydrogen-bond donors (Lipinski definition) is 1. The van der Waals surface area contributed by atoms with Crippen LogP contribution in [0.2, 0.25) is 5.02 Å². The minimum Gasteiger partial charge on any atom is -0.454 e. The van der Waals surface area contributed by atoms with E-state index in [4.69, 9.17) is 25.5 Å². The van der Waals surface area contributed by atoms with Crippen LogP contribution in [0.25, 0.3) is 11.5 Å². The Kier molecular flexibility index (Phi) is 6.43. The van der Waals surface area contributed by atoms with Crippen LogP contribution in [0.5, 0.6) is 11.5 Å². The smallest absolute Gasteiger partial charge is 0.277 e. The van der Waals surface area contributed by atoms with Gasteiger partial charge in [0, 0.05) is 20.4 Å². The summed E-state index contributed by atoms with van der Waals surface area (Å²) in [7, 11) is 0. The van der Waals surface area contributed by atoms with E-state index >= 15 is 0 Å². The molecule has 7 nitrogen and oxygen atoms in total. The molecule has 1 amide bonds. The van der Waals surface area contributed by atoms with Crippen molar-refractivity contribution in [1.82, 2.24) is 10.2 Å². The topological polar surface area (TPSA) is 86.5 Å². The number of hydrogen-bond acceptors (Lipinski definition) is 8. The average molecular weight is 498 g/mol. The summed E-state index contributed by atoms with van der Waals surface area (Å²) in [6, 6.07) is 20.6. The third-order valence-corrected chi connectivity index (χ3v) is 6.71. The molecule has 33 heavy (non-hydrogen) atoms. The highest BCUT2D eigenvalue weighted by Crippen LogP contribution is 2.36. The molecular formula is C23H16ClN3O4S2. The molecule has 0 saturated carbocycles. The SMILES string of the molecule is O=C(CSc1nnc(-c2ccc3c(c2)OCO3)o1)Nc1ccccc1Sc1ccc(Cl)cc1. The lowest BCUT2D eigenvalue weighted by Crippen LogP contribution is -2.14. The molecule has 0 atom stereocenters. The number of nitrogens with zero attached hydrogens (tertiary/aromatic N) is 2. The van der Waals surface area contributed by atoms with Crippen molar-refractivity contribution < 1.29 is 18.7 Å². The van der Waals surface area contributed by atoms with Crippen LogP contribution in [0.3, 0.4) is 0 Å². The second-order valence-corrected chi connectivity index (χ2v) is 9.31. The number of carbonyl (C=O) groups is 1. The molecule has 3 aromatic carbocycles. The van der Waals surface area contributed by atoms with Gasteiger partial charge < -0.3 is 19.2 Å². The Morgan fingerprint density at radius 2 is 1.82 bits per heavy atom. The fourth-order valence-corrected chi connectivity index (χ4v) is 4.61. The number of ether oxygens (including phenoxy) is 2. The van der Waals surface area contributed by atoms with E-state index in [9.17, 15) is 4.79 Å². The van der Waals surface area contributed by atoms with Crippen LogP contribution in [-0.2, 0) is 4.79 Å². The largest absolute Gasteiger partial charge is 0.454 e. The molecule has 1 aliphatic heterocycles. The van der Waals surface area contributed by atoms with Crippen LogP contribution in [0.4, 0.5) is 5.69 Å². The molecule has 1 aliphatic rings. The van der Waals surface area contributed by atoms with Gasteiger partial charge in [-0.1, -0.05) is 47.3 Å². The molecule has 0 spiro atoms. The summed E-state index contributed by atoms with van der Waals surface area (Å²) >= 11 is 8.68. The van der Waals surface area contributed by atoms with Gasteiger partial charge in [0.2, 0.25) is 18.6 Å². The number of halogens is 1. The minimum atomic E-state index is -0.174. The lowest BCUT2D eigenvalue weighted by atomic mass is 10.2. The van der Waals surface area contributed by atoms with E-state index in [0.29, 0.717) is 27.6 Å². The molecule has 10 heteroatoms. The van der Waals surface area contributed by atoms with Crippen LogP contribution in [0.1, 0.15) is 0 Å². The molecule has 0 aliphatic carbocycles. The molecule has 2 heterocycles. The number of aromatic nitrogens is 2. The first-order valence-electron chi connectivity index (χ1n) is 9.83. The summed E-state index contributed by atoms with van der Waals surface area (Å²) in [6.07, 6.45) is 0. The van der Waals surface area contributed by atoms with Gasteiger partial charge in [-0.25, -0.2) is 0 Å². The Hall–Kier alpha value is -3.14. The number of anilines is 1. The number of rotatable bonds is 7. The third-order valence-electron chi connectivity index (χ3n) is 4.56. The monoisotopic (exact) mass is 497 g/mol. The maximum atomic E-state index is 12.6. The summed E-state index contributed by atoms with van der Waals surface area (Å²) in [4.78, 5) is 14.5. The number of fused-ring (bicyclic) bond motifs is 1. The predicted octanol–water partition coefficient (Wildman–Crippen LogP) is 6.00. The van der Waals surface area contributed by atoms with Crippen molar-refractivity contribution >= 4 is 46.7 Å². The number of thioether (sulfide) groups is 1. The van der Waals surface area contributed by atoms with Gasteiger partial charge in [0.25, 0.3) is 5.22 Å². The van der Waals surface area contributed by atoms with E-state index in [1.165, 1.54) is 11.8 Å². The summed E-state index contributed by atoms with van der Waals surface area (Å²) in [6.45, 7) is 0.195. The average Bonchev–Trinajstić information content (AvgIpc) is 3.49. The van der Waals surface area contributed by atoms with Crippen molar-refractivity contribution in [2.24, 2.45) is 0 Å². The lowest BCUT2D eigenvalue weighted by molar-refractivity contribution is -0.113. The quantitative estimate of drug-likeness (QED) is 0.311. The van der Waals surface area contributed by atoms with E-state index < -0.39 is 0 Å². The lowest BCUT2D eigenvalue weighted by Gasteiger charge is -2.10. The summed E-state index contributed by atoms with van der Waals surface area (Å²) in [5, 5.41) is 12.0. The van der Waals surface area contributed by atoms with Crippen molar-refractivity contribution in [3.8, 4) is 23.0 Å². The summed E-state index contributed by atoms with van der Waals surface area (Å²) in [5.74, 6) is 1.62. The van der Waals surface area contributed by atoms with Gasteiger partial charge in [-0.3, -0.25) is 4.79 Å². The third kappa shape index (κ3) is 5.27. The van der Waals surface area contributed by atoms with E-state index in [-0.39, 0.29) is 18.5 Å². The van der Waals surface area contributed by atoms with E-state index in [1.807, 2.05) is 54.6 Å². The molecule has 0 radical (unpaired) electrons. The van der Waals surface area contributed by atoms with E-state index in [0.717, 1.165) is 21.0 Å². The molecule has 5 rings (SSSR count). The van der Waals surface area contributed by atoms with Crippen LogP contribution in [0.15, 0.2) is 86.2 Å². The highest BCUT2D eigenvalue weighted by atomic mass is 35.5. The molecular weight excluding hydrogens is 482 g/mol. The fourth-order valence-electron chi connectivity index (χ4n) is 3.02. The first-order chi connectivity index (χ1) is 16.1. The zero-order chi connectivity index (χ0) is 22.6. The van der Waals surface area contributed by atoms with Crippen molar-refractivity contribution in [2.45, 2.75) is 15.0 Å². The van der Waals surface area contributed by atoms with Crippen LogP contribution >= 0.6 is 35.1 Å². The van der Waals surface area contributed by atoms with Gasteiger partial charge >= 0.3 is 0 Å². The maximum Gasteiger partial charge on any atom is 0.277 e. The molecule has 1 N–H and O–H groups in total. The number of para-hydroxylation sites is 1. The second kappa shape index (κ2) is 9.78. The van der Waals surface area contributed by atoms with Crippen molar-refractivity contribution in [1.29, 1.82) is 0 Å². The zero-order valence-corrected chi connectivity index (χ0v) is 19.4. The van der Waals surface area contributed by atoms with Crippen molar-refractivity contribution in [3.63, 3.8) is 0 Å². The Morgan fingerprint density at radius 3 is 2.70 bits per heavy atom. The summed E-state index contributed by atoms with van der Waals surface area (Å²) in [5.41, 5.74) is 1.45. The van der Waals surface area contributed by atoms with Gasteiger partial charge in [0.05, 0.1) is 11.4 Å². The van der Waals surface area contributed by atoms with Crippen LogP contribution < -0.4 is 14.8 Å². The fraction of sp³-hybridized carbons (Fsp3) is 0.0870. The Morgan fingerprint density at radius 1 is 1.00 bits per heavy atom. The summed E-state index contributed by atoms with van der Waals surface area (Å²) < 4.78 is 16.4. The van der Waals surface area contributed by atoms with E-state index in [2.05, 4.69) is 15.5 Å². The normalized spacial score (nSPS) is 12.0. The van der Waals surface area contributed by atoms with Crippen LogP contribution in [-0.4, -0.2) is 28.7 Å². The number of nitrogens with one attached hydrogen (secondary N) is 1. The standard InChI is InChI=1S/C23H16ClN3O4S2/c24-15-6-8-16(9-7-15)33-20-4-2-1-3-17(20)25-21(28)12-32-23-27-26-22(31-23)14-5-10-18-19(11-14)30-13-29-18/h1-11H,12-13H2,(H,25,28). The molecule has 166 valence electrons. The highest BCUT2D eigenvalue weighted by molar-refractivity contribution is 8.00. The predicted molar refractivity (Wildman–Crippen MR) is 127 cm³/mol. The van der Waals surface area contributed by atoms with Gasteiger partial charge in [-0.2, -0.15) is 0 Å². The Balaban J connectivity index is 1.20. The Bertz CT molecular complexity index is 1300. The molecule has 0 unspecified atom stereocenters. The molecule has 4 aromatic rings.